The minimum atomic E-state index is 0.312. The minimum absolute atomic E-state index is 0.312. The van der Waals surface area contributed by atoms with E-state index in [0.29, 0.717) is 23.7 Å². The van der Waals surface area contributed by atoms with Crippen molar-refractivity contribution in [3.63, 3.8) is 0 Å². The Balaban J connectivity index is 2.27. The van der Waals surface area contributed by atoms with Crippen LogP contribution in [0.3, 0.4) is 0 Å². The Bertz CT molecular complexity index is 535. The fourth-order valence-corrected chi connectivity index (χ4v) is 1.87. The molecule has 0 aromatic heterocycles. The molecule has 0 amide bonds. The van der Waals surface area contributed by atoms with Crippen molar-refractivity contribution < 1.29 is 14.6 Å². The quantitative estimate of drug-likeness (QED) is 0.898. The predicted molar refractivity (Wildman–Crippen MR) is 70.5 cm³/mol. The Hall–Kier alpha value is -2.16. The van der Waals surface area contributed by atoms with E-state index < -0.39 is 0 Å². The number of para-hydroxylation sites is 1. The van der Waals surface area contributed by atoms with Crippen molar-refractivity contribution in [3.05, 3.63) is 53.6 Å². The van der Waals surface area contributed by atoms with Crippen molar-refractivity contribution in [3.8, 4) is 17.2 Å². The largest absolute Gasteiger partial charge is 0.508 e. The van der Waals surface area contributed by atoms with Crippen LogP contribution in [0.1, 0.15) is 11.1 Å². The first-order chi connectivity index (χ1) is 8.74. The zero-order chi connectivity index (χ0) is 13.0. The number of hydrogen-bond donors (Lipinski definition) is 1. The molecular formula is C15H16O3. The van der Waals surface area contributed by atoms with Gasteiger partial charge in [0, 0.05) is 6.42 Å². The van der Waals surface area contributed by atoms with E-state index in [2.05, 4.69) is 0 Å². The van der Waals surface area contributed by atoms with Crippen LogP contribution in [0.5, 0.6) is 17.2 Å². The van der Waals surface area contributed by atoms with Crippen LogP contribution in [0.25, 0.3) is 0 Å². The molecule has 0 aliphatic carbocycles. The van der Waals surface area contributed by atoms with Gasteiger partial charge < -0.3 is 14.6 Å². The molecule has 3 heteroatoms. The molecule has 3 nitrogen and oxygen atoms in total. The number of phenols is 1. The standard InChI is InChI=1S/C15H16O3/c1-17-14-8-7-11(10-15(14)18-2)9-12-5-3-4-6-13(12)16/h3-8,10,16H,9H2,1-2H3. The lowest BCUT2D eigenvalue weighted by molar-refractivity contribution is 0.354. The monoisotopic (exact) mass is 244 g/mol. The van der Waals surface area contributed by atoms with E-state index in [-0.39, 0.29) is 0 Å². The van der Waals surface area contributed by atoms with E-state index in [1.165, 1.54) is 0 Å². The Morgan fingerprint density at radius 1 is 0.944 bits per heavy atom. The lowest BCUT2D eigenvalue weighted by atomic mass is 10.0. The van der Waals surface area contributed by atoms with Gasteiger partial charge in [0.25, 0.3) is 0 Å². The van der Waals surface area contributed by atoms with Crippen LogP contribution in [-0.4, -0.2) is 19.3 Å². The molecular weight excluding hydrogens is 228 g/mol. The summed E-state index contributed by atoms with van der Waals surface area (Å²) in [7, 11) is 3.22. The van der Waals surface area contributed by atoms with Gasteiger partial charge in [0.05, 0.1) is 14.2 Å². The van der Waals surface area contributed by atoms with E-state index in [4.69, 9.17) is 9.47 Å². The highest BCUT2D eigenvalue weighted by molar-refractivity contribution is 5.45. The number of rotatable bonds is 4. The average molecular weight is 244 g/mol. The third kappa shape index (κ3) is 2.56. The summed E-state index contributed by atoms with van der Waals surface area (Å²) in [5, 5.41) is 9.74. The van der Waals surface area contributed by atoms with Gasteiger partial charge in [0.15, 0.2) is 11.5 Å². The van der Waals surface area contributed by atoms with Crippen molar-refractivity contribution in [1.29, 1.82) is 0 Å². The van der Waals surface area contributed by atoms with Crippen molar-refractivity contribution >= 4 is 0 Å². The van der Waals surface area contributed by atoms with E-state index in [9.17, 15) is 5.11 Å². The molecule has 0 spiro atoms. The fraction of sp³-hybridized carbons (Fsp3) is 0.200. The maximum atomic E-state index is 9.74. The molecule has 94 valence electrons. The summed E-state index contributed by atoms with van der Waals surface area (Å²) < 4.78 is 10.4. The minimum Gasteiger partial charge on any atom is -0.508 e. The molecule has 0 saturated heterocycles. The first-order valence-electron chi connectivity index (χ1n) is 5.72. The van der Waals surface area contributed by atoms with Crippen molar-refractivity contribution in [2.45, 2.75) is 6.42 Å². The number of methoxy groups -OCH3 is 2. The number of hydrogen-bond acceptors (Lipinski definition) is 3. The molecule has 2 rings (SSSR count). The molecule has 2 aromatic rings. The van der Waals surface area contributed by atoms with E-state index >= 15 is 0 Å². The van der Waals surface area contributed by atoms with Crippen LogP contribution in [-0.2, 0) is 6.42 Å². The first kappa shape index (κ1) is 12.3. The third-order valence-corrected chi connectivity index (χ3v) is 2.83. The summed E-state index contributed by atoms with van der Waals surface area (Å²) in [5.41, 5.74) is 1.96. The summed E-state index contributed by atoms with van der Waals surface area (Å²) in [6.45, 7) is 0. The second kappa shape index (κ2) is 5.45. The second-order valence-electron chi connectivity index (χ2n) is 3.99. The Morgan fingerprint density at radius 3 is 2.33 bits per heavy atom. The highest BCUT2D eigenvalue weighted by Gasteiger charge is 2.06. The SMILES string of the molecule is COc1ccc(Cc2ccccc2O)cc1OC. The fourth-order valence-electron chi connectivity index (χ4n) is 1.87. The van der Waals surface area contributed by atoms with Gasteiger partial charge in [-0.05, 0) is 29.3 Å². The number of aromatic hydroxyl groups is 1. The first-order valence-corrected chi connectivity index (χ1v) is 5.72. The number of phenolic OH excluding ortho intramolecular Hbond substituents is 1. The normalized spacial score (nSPS) is 10.1. The molecule has 0 fully saturated rings. The van der Waals surface area contributed by atoms with Crippen LogP contribution in [0, 0.1) is 0 Å². The number of benzene rings is 2. The van der Waals surface area contributed by atoms with Gasteiger partial charge in [-0.2, -0.15) is 0 Å². The highest BCUT2D eigenvalue weighted by Crippen LogP contribution is 2.29. The van der Waals surface area contributed by atoms with Crippen LogP contribution in [0.4, 0.5) is 0 Å². The van der Waals surface area contributed by atoms with Gasteiger partial charge in [0.1, 0.15) is 5.75 Å². The van der Waals surface area contributed by atoms with Crippen LogP contribution in [0.2, 0.25) is 0 Å². The molecule has 0 bridgehead atoms. The van der Waals surface area contributed by atoms with Gasteiger partial charge in [-0.1, -0.05) is 24.3 Å². The van der Waals surface area contributed by atoms with Crippen molar-refractivity contribution in [2.24, 2.45) is 0 Å². The summed E-state index contributed by atoms with van der Waals surface area (Å²) in [4.78, 5) is 0. The third-order valence-electron chi connectivity index (χ3n) is 2.83. The summed E-state index contributed by atoms with van der Waals surface area (Å²) in [6, 6.07) is 13.1. The van der Waals surface area contributed by atoms with E-state index in [1.807, 2.05) is 36.4 Å². The molecule has 0 heterocycles. The van der Waals surface area contributed by atoms with Crippen LogP contribution in [0.15, 0.2) is 42.5 Å². The average Bonchev–Trinajstić information content (AvgIpc) is 2.41. The van der Waals surface area contributed by atoms with Crippen LogP contribution < -0.4 is 9.47 Å². The molecule has 18 heavy (non-hydrogen) atoms. The van der Waals surface area contributed by atoms with E-state index in [1.54, 1.807) is 20.3 Å². The van der Waals surface area contributed by atoms with Gasteiger partial charge in [0.2, 0.25) is 0 Å². The molecule has 0 aliphatic rings. The summed E-state index contributed by atoms with van der Waals surface area (Å²) in [6.07, 6.45) is 0.660. The zero-order valence-corrected chi connectivity index (χ0v) is 10.5. The van der Waals surface area contributed by atoms with Gasteiger partial charge >= 0.3 is 0 Å². The van der Waals surface area contributed by atoms with E-state index in [0.717, 1.165) is 11.1 Å². The molecule has 0 atom stereocenters. The smallest absolute Gasteiger partial charge is 0.160 e. The molecule has 0 unspecified atom stereocenters. The molecule has 0 aliphatic heterocycles. The maximum Gasteiger partial charge on any atom is 0.160 e. The predicted octanol–water partition coefficient (Wildman–Crippen LogP) is 3.00. The van der Waals surface area contributed by atoms with Gasteiger partial charge in [-0.15, -0.1) is 0 Å². The Labute approximate surface area is 107 Å². The van der Waals surface area contributed by atoms with Gasteiger partial charge in [-0.3, -0.25) is 0 Å². The van der Waals surface area contributed by atoms with Crippen molar-refractivity contribution in [2.75, 3.05) is 14.2 Å². The van der Waals surface area contributed by atoms with Gasteiger partial charge in [-0.25, -0.2) is 0 Å². The maximum absolute atomic E-state index is 9.74. The molecule has 2 aromatic carbocycles. The Morgan fingerprint density at radius 2 is 1.67 bits per heavy atom. The lowest BCUT2D eigenvalue weighted by Crippen LogP contribution is -1.94. The highest BCUT2D eigenvalue weighted by atomic mass is 16.5. The zero-order valence-electron chi connectivity index (χ0n) is 10.5. The molecule has 1 N–H and O–H groups in total. The lowest BCUT2D eigenvalue weighted by Gasteiger charge is -2.10. The Kier molecular flexibility index (Phi) is 3.72. The summed E-state index contributed by atoms with van der Waals surface area (Å²) in [5.74, 6) is 1.72. The topological polar surface area (TPSA) is 38.7 Å². The summed E-state index contributed by atoms with van der Waals surface area (Å²) >= 11 is 0. The molecule has 0 saturated carbocycles. The second-order valence-corrected chi connectivity index (χ2v) is 3.99. The van der Waals surface area contributed by atoms with Crippen LogP contribution >= 0.6 is 0 Å². The van der Waals surface area contributed by atoms with Crippen molar-refractivity contribution in [1.82, 2.24) is 0 Å². The molecule has 0 radical (unpaired) electrons. The number of ether oxygens (including phenoxy) is 2.